The summed E-state index contributed by atoms with van der Waals surface area (Å²) in [6.07, 6.45) is 40.6. The monoisotopic (exact) mass is 1520 g/mol. The maximum absolute atomic E-state index is 15.0. The highest BCUT2D eigenvalue weighted by molar-refractivity contribution is 7.46. The van der Waals surface area contributed by atoms with Gasteiger partial charge in [0.15, 0.2) is 6.29 Å². The summed E-state index contributed by atoms with van der Waals surface area (Å²) < 4.78 is 54.7. The number of hydrogen-bond donors (Lipinski definition) is 8. The second-order valence-corrected chi connectivity index (χ2v) is 32.2. The van der Waals surface area contributed by atoms with Crippen LogP contribution in [0.15, 0.2) is 0 Å². The number of esters is 3. The van der Waals surface area contributed by atoms with Gasteiger partial charge in [0.25, 0.3) is 0 Å². The Morgan fingerprint density at radius 1 is 0.457 bits per heavy atom. The molecule has 0 radical (unpaired) electrons. The molecule has 0 saturated carbocycles. The van der Waals surface area contributed by atoms with Crippen LogP contribution in [0.4, 0.5) is 0 Å². The summed E-state index contributed by atoms with van der Waals surface area (Å²) in [5.41, 5.74) is 0. The largest absolute Gasteiger partial charge is 0.469 e. The normalized spacial score (nSPS) is 20.7. The molecule has 2 heterocycles. The molecule has 618 valence electrons. The third-order valence-corrected chi connectivity index (χ3v) is 21.7. The third kappa shape index (κ3) is 52.1. The van der Waals surface area contributed by atoms with Crippen molar-refractivity contribution in [3.05, 3.63) is 0 Å². The predicted molar refractivity (Wildman–Crippen MR) is 416 cm³/mol. The first kappa shape index (κ1) is 98.3. The molecular weight excluding hydrogens is 1360 g/mol. The van der Waals surface area contributed by atoms with E-state index in [0.29, 0.717) is 44.9 Å². The Labute approximate surface area is 637 Å². The summed E-state index contributed by atoms with van der Waals surface area (Å²) in [6.45, 7) is 9.16. The fourth-order valence-corrected chi connectivity index (χ4v) is 15.1. The molecule has 0 aromatic carbocycles. The van der Waals surface area contributed by atoms with Crippen LogP contribution < -0.4 is 10.6 Å². The Kier molecular flexibility index (Phi) is 61.6. The average Bonchev–Trinajstić information content (AvgIpc) is 0.784. The van der Waals surface area contributed by atoms with Crippen LogP contribution in [0.25, 0.3) is 0 Å². The van der Waals surface area contributed by atoms with Crippen LogP contribution in [0, 0.1) is 5.92 Å². The van der Waals surface area contributed by atoms with E-state index in [1.54, 1.807) is 0 Å². The lowest BCUT2D eigenvalue weighted by molar-refractivity contribution is -0.275. The molecule has 0 spiro atoms. The lowest BCUT2D eigenvalue weighted by Crippen LogP contribution is -2.65. The lowest BCUT2D eigenvalue weighted by Gasteiger charge is -2.46. The van der Waals surface area contributed by atoms with Crippen molar-refractivity contribution < 1.29 is 91.7 Å². The molecule has 0 aromatic heterocycles. The number of unbranched alkanes of at least 4 members (excludes halogenated alkanes) is 42. The van der Waals surface area contributed by atoms with E-state index in [9.17, 15) is 58.8 Å². The number of nitrogens with one attached hydrogen (secondary N) is 2. The van der Waals surface area contributed by atoms with Gasteiger partial charge in [-0.15, -0.1) is 0 Å². The van der Waals surface area contributed by atoms with Crippen LogP contribution in [0.5, 0.6) is 0 Å². The maximum Gasteiger partial charge on any atom is 0.469 e. The summed E-state index contributed by atoms with van der Waals surface area (Å²) in [5.74, 6) is -3.72. The van der Waals surface area contributed by atoms with Crippen LogP contribution in [0.1, 0.15) is 401 Å². The Bertz CT molecular complexity index is 2160. The van der Waals surface area contributed by atoms with Crippen LogP contribution >= 0.6 is 7.82 Å². The molecule has 2 saturated heterocycles. The molecule has 105 heavy (non-hydrogen) atoms. The molecule has 0 bridgehead atoms. The lowest BCUT2D eigenvalue weighted by atomic mass is 9.84. The zero-order valence-corrected chi connectivity index (χ0v) is 67.9. The van der Waals surface area contributed by atoms with E-state index in [-0.39, 0.29) is 51.6 Å². The van der Waals surface area contributed by atoms with Crippen LogP contribution in [0.2, 0.25) is 0 Å². The van der Waals surface area contributed by atoms with Gasteiger partial charge in [0.2, 0.25) is 11.8 Å². The predicted octanol–water partition coefficient (Wildman–Crippen LogP) is 18.0. The Morgan fingerprint density at radius 3 is 1.25 bits per heavy atom. The molecule has 2 aliphatic heterocycles. The van der Waals surface area contributed by atoms with E-state index in [1.165, 1.54) is 148 Å². The summed E-state index contributed by atoms with van der Waals surface area (Å²) in [7, 11) is -4.93. The first-order valence-corrected chi connectivity index (χ1v) is 44.8. The van der Waals surface area contributed by atoms with Crippen molar-refractivity contribution >= 4 is 37.5 Å². The topological polar surface area (TPSA) is 312 Å². The molecule has 2 fully saturated rings. The van der Waals surface area contributed by atoms with Crippen molar-refractivity contribution in [2.24, 2.45) is 5.92 Å². The van der Waals surface area contributed by atoms with Crippen molar-refractivity contribution in [1.82, 2.24) is 10.6 Å². The number of hydrogen-bond acceptors (Lipinski definition) is 17. The second-order valence-electron chi connectivity index (χ2n) is 31.0. The zero-order valence-electron chi connectivity index (χ0n) is 67.0. The van der Waals surface area contributed by atoms with E-state index >= 15 is 0 Å². The third-order valence-electron chi connectivity index (χ3n) is 21.2. The van der Waals surface area contributed by atoms with Crippen LogP contribution in [-0.2, 0) is 61.5 Å². The Hall–Kier alpha value is -2.82. The fraction of sp³-hybridized carbons (Fsp3) is 0.940. The molecule has 2 aliphatic rings. The second kappa shape index (κ2) is 65.8. The first-order chi connectivity index (χ1) is 50.9. The van der Waals surface area contributed by atoms with Crippen LogP contribution in [0.3, 0.4) is 0 Å². The highest BCUT2D eigenvalue weighted by Crippen LogP contribution is 2.38. The number of rotatable bonds is 72. The number of aliphatic hydroxyl groups excluding tert-OH is 4. The van der Waals surface area contributed by atoms with Crippen molar-refractivity contribution in [1.29, 1.82) is 0 Å². The molecular formula is C83H157N2O19P. The van der Waals surface area contributed by atoms with Gasteiger partial charge in [-0.3, -0.25) is 28.5 Å². The number of aliphatic hydroxyl groups is 4. The SMILES string of the molecule is CCCCCCCCCCCCCC(=O)OC(CCCCCCCCCCC)CC(=O)OC1C(NC(=O)CC(CCCCCCCCCCC)OC(=O)CCCCCCCCCCC)[C@H](OCC2OCC(NC(=O)CC(O)CCCCCCCCCCC)C(O)[C@@H]2O)OC(CO)[C@H]1CCCOP(=O)(O)O. The molecule has 0 aromatic rings. The van der Waals surface area contributed by atoms with E-state index in [4.69, 9.17) is 32.9 Å². The van der Waals surface area contributed by atoms with E-state index in [1.807, 2.05) is 0 Å². The van der Waals surface area contributed by atoms with Gasteiger partial charge in [0, 0.05) is 18.8 Å². The van der Waals surface area contributed by atoms with Gasteiger partial charge in [0.05, 0.1) is 63.9 Å². The number of phosphoric acid groups is 1. The van der Waals surface area contributed by atoms with Gasteiger partial charge in [-0.1, -0.05) is 311 Å². The quantitative estimate of drug-likeness (QED) is 0.0121. The summed E-state index contributed by atoms with van der Waals surface area (Å²) in [4.78, 5) is 89.9. The maximum atomic E-state index is 15.0. The van der Waals surface area contributed by atoms with Gasteiger partial charge in [-0.25, -0.2) is 4.57 Å². The van der Waals surface area contributed by atoms with Gasteiger partial charge >= 0.3 is 25.7 Å². The van der Waals surface area contributed by atoms with Crippen molar-refractivity contribution in [2.45, 2.75) is 468 Å². The van der Waals surface area contributed by atoms with Gasteiger partial charge in [0.1, 0.15) is 42.7 Å². The zero-order chi connectivity index (χ0) is 76.8. The summed E-state index contributed by atoms with van der Waals surface area (Å²) >= 11 is 0. The number of phosphoric ester groups is 1. The van der Waals surface area contributed by atoms with E-state index in [2.05, 4.69) is 45.3 Å². The molecule has 12 atom stereocenters. The molecule has 21 nitrogen and oxygen atoms in total. The molecule has 8 N–H and O–H groups in total. The fourth-order valence-electron chi connectivity index (χ4n) is 14.7. The molecule has 0 aliphatic carbocycles. The molecule has 22 heteroatoms. The van der Waals surface area contributed by atoms with Crippen molar-refractivity contribution in [3.8, 4) is 0 Å². The van der Waals surface area contributed by atoms with E-state index < -0.39 is 130 Å². The standard InChI is InChI=1S/C83H157N2O19P/c1-6-11-16-21-26-31-32-37-42-47-52-59-77(91)102-69(56-50-45-40-35-29-24-19-14-9-4)63-78(92)104-82-70(57-53-60-100-105(95,96)97)72(64-86)103-83(99-66-73-81(94)80(93)71(65-98-73)84-74(88)61-67(87)54-48-43-38-33-27-22-17-12-7-2)79(82)85-75(89)62-68(55-49-44-39-34-28-23-18-13-8-3)101-76(90)58-51-46-41-36-30-25-20-15-10-5/h67-73,79-83,86-87,93-94H,6-66H2,1-5H3,(H,84,88)(H,85,89)(H2,95,96,97)/t67?,68?,69?,70-,71?,72?,73?,79?,80?,81-,82?,83-/m1/s1. The number of carbonyl (C=O) groups excluding carboxylic acids is 5. The molecule has 2 rings (SSSR count). The average molecular weight is 1520 g/mol. The summed E-state index contributed by atoms with van der Waals surface area (Å²) in [6, 6.07) is -2.45. The first-order valence-electron chi connectivity index (χ1n) is 43.3. The number of amides is 2. The smallest absolute Gasteiger partial charge is 0.462 e. The minimum atomic E-state index is -4.93. The minimum Gasteiger partial charge on any atom is -0.462 e. The highest BCUT2D eigenvalue weighted by atomic mass is 31.2. The van der Waals surface area contributed by atoms with Crippen LogP contribution in [-0.4, -0.2) is 154 Å². The van der Waals surface area contributed by atoms with Gasteiger partial charge < -0.3 is 69.3 Å². The van der Waals surface area contributed by atoms with Crippen molar-refractivity contribution in [3.63, 3.8) is 0 Å². The number of ether oxygens (including phenoxy) is 6. The van der Waals surface area contributed by atoms with Gasteiger partial charge in [-0.05, 0) is 57.8 Å². The van der Waals surface area contributed by atoms with E-state index in [0.717, 1.165) is 128 Å². The molecule has 9 unspecified atom stereocenters. The molecule has 2 amide bonds. The highest BCUT2D eigenvalue weighted by Gasteiger charge is 2.50. The minimum absolute atomic E-state index is 0.0180. The summed E-state index contributed by atoms with van der Waals surface area (Å²) in [5, 5.41) is 50.8. The van der Waals surface area contributed by atoms with Gasteiger partial charge in [-0.2, -0.15) is 0 Å². The van der Waals surface area contributed by atoms with Crippen molar-refractivity contribution in [2.75, 3.05) is 26.4 Å². The Balaban J connectivity index is 2.55. The Morgan fingerprint density at radius 2 is 0.838 bits per heavy atom. The number of carbonyl (C=O) groups is 5.